The van der Waals surface area contributed by atoms with Gasteiger partial charge in [-0.05, 0) is 97.9 Å². The Balaban J connectivity index is 1.33. The molecule has 0 spiro atoms. The molecule has 0 radical (unpaired) electrons. The second-order valence-electron chi connectivity index (χ2n) is 11.8. The Labute approximate surface area is 204 Å². The Kier molecular flexibility index (Phi) is 5.94. The van der Waals surface area contributed by atoms with E-state index in [9.17, 15) is 0 Å². The standard InChI is InChI=1S/C29H38ClNO2/c1-5-32-25-11-21(10-24(30)26(25)33-16-23-9-7-6-8-20(23)2)15-31-29-14-22-12-27(3,18-29)17-28(4,13-22)19-29/h6-11,22,31H,5,12-19H2,1-4H3/t22?,27-,28+,29?. The highest BCUT2D eigenvalue weighted by molar-refractivity contribution is 6.32. The van der Waals surface area contributed by atoms with Gasteiger partial charge in [0.05, 0.1) is 11.6 Å². The van der Waals surface area contributed by atoms with Crippen molar-refractivity contribution in [2.24, 2.45) is 16.7 Å². The predicted octanol–water partition coefficient (Wildman–Crippen LogP) is 7.46. The monoisotopic (exact) mass is 467 g/mol. The molecular formula is C29H38ClNO2. The fraction of sp³-hybridized carbons (Fsp3) is 0.586. The van der Waals surface area contributed by atoms with E-state index >= 15 is 0 Å². The lowest BCUT2D eigenvalue weighted by Crippen LogP contribution is -2.63. The van der Waals surface area contributed by atoms with Crippen molar-refractivity contribution in [1.29, 1.82) is 0 Å². The van der Waals surface area contributed by atoms with Crippen molar-refractivity contribution in [2.75, 3.05) is 6.61 Å². The fourth-order valence-electron chi connectivity index (χ4n) is 7.98. The lowest BCUT2D eigenvalue weighted by atomic mass is 9.43. The molecule has 178 valence electrons. The van der Waals surface area contributed by atoms with Crippen molar-refractivity contribution in [3.63, 3.8) is 0 Å². The molecule has 0 heterocycles. The molecular weight excluding hydrogens is 430 g/mol. The molecule has 2 aromatic rings. The molecule has 2 unspecified atom stereocenters. The van der Waals surface area contributed by atoms with E-state index in [0.717, 1.165) is 29.3 Å². The highest BCUT2D eigenvalue weighted by atomic mass is 35.5. The number of aryl methyl sites for hydroxylation is 1. The smallest absolute Gasteiger partial charge is 0.180 e. The van der Waals surface area contributed by atoms with Gasteiger partial charge in [0.25, 0.3) is 0 Å². The first kappa shape index (κ1) is 23.1. The molecule has 4 fully saturated rings. The molecule has 2 aromatic carbocycles. The van der Waals surface area contributed by atoms with Gasteiger partial charge in [0, 0.05) is 12.1 Å². The third-order valence-corrected chi connectivity index (χ3v) is 8.58. The Hall–Kier alpha value is -1.71. The van der Waals surface area contributed by atoms with Gasteiger partial charge in [-0.15, -0.1) is 0 Å². The maximum Gasteiger partial charge on any atom is 0.180 e. The molecule has 0 saturated heterocycles. The lowest BCUT2D eigenvalue weighted by molar-refractivity contribution is -0.118. The van der Waals surface area contributed by atoms with E-state index in [1.807, 2.05) is 25.1 Å². The molecule has 6 rings (SSSR count). The number of benzene rings is 2. The van der Waals surface area contributed by atoms with Crippen LogP contribution in [-0.4, -0.2) is 12.1 Å². The molecule has 1 N–H and O–H groups in total. The van der Waals surface area contributed by atoms with Crippen molar-refractivity contribution >= 4 is 11.6 Å². The van der Waals surface area contributed by atoms with Crippen LogP contribution in [0.3, 0.4) is 0 Å². The van der Waals surface area contributed by atoms with Gasteiger partial charge in [-0.2, -0.15) is 0 Å². The van der Waals surface area contributed by atoms with Crippen LogP contribution in [0.25, 0.3) is 0 Å². The summed E-state index contributed by atoms with van der Waals surface area (Å²) in [5.41, 5.74) is 4.81. The first-order valence-corrected chi connectivity index (χ1v) is 13.0. The minimum Gasteiger partial charge on any atom is -0.490 e. The Morgan fingerprint density at radius 1 is 1.00 bits per heavy atom. The summed E-state index contributed by atoms with van der Waals surface area (Å²) in [5.74, 6) is 2.25. The first-order chi connectivity index (χ1) is 15.7. The van der Waals surface area contributed by atoms with Crippen molar-refractivity contribution in [2.45, 2.75) is 84.9 Å². The number of hydrogen-bond acceptors (Lipinski definition) is 3. The van der Waals surface area contributed by atoms with E-state index in [4.69, 9.17) is 21.1 Å². The van der Waals surface area contributed by atoms with Gasteiger partial charge in [-0.3, -0.25) is 0 Å². The van der Waals surface area contributed by atoms with Gasteiger partial charge in [-0.1, -0.05) is 49.7 Å². The van der Waals surface area contributed by atoms with Crippen LogP contribution in [0.1, 0.15) is 76.0 Å². The summed E-state index contributed by atoms with van der Waals surface area (Å²) in [5, 5.41) is 4.64. The summed E-state index contributed by atoms with van der Waals surface area (Å²) < 4.78 is 12.1. The van der Waals surface area contributed by atoms with Crippen molar-refractivity contribution < 1.29 is 9.47 Å². The topological polar surface area (TPSA) is 30.5 Å². The van der Waals surface area contributed by atoms with Crippen molar-refractivity contribution in [3.05, 3.63) is 58.1 Å². The van der Waals surface area contributed by atoms with Crippen molar-refractivity contribution in [1.82, 2.24) is 5.32 Å². The zero-order chi connectivity index (χ0) is 23.3. The number of nitrogens with one attached hydrogen (secondary N) is 1. The molecule has 0 amide bonds. The molecule has 3 nitrogen and oxygen atoms in total. The number of halogens is 1. The van der Waals surface area contributed by atoms with E-state index in [0.29, 0.717) is 34.8 Å². The summed E-state index contributed by atoms with van der Waals surface area (Å²) in [7, 11) is 0. The van der Waals surface area contributed by atoms with Crippen LogP contribution in [-0.2, 0) is 13.2 Å². The van der Waals surface area contributed by atoms with Crippen LogP contribution >= 0.6 is 11.6 Å². The third kappa shape index (κ3) is 4.64. The van der Waals surface area contributed by atoms with Crippen LogP contribution < -0.4 is 14.8 Å². The number of rotatable bonds is 8. The van der Waals surface area contributed by atoms with Crippen LogP contribution in [0.4, 0.5) is 0 Å². The largest absolute Gasteiger partial charge is 0.490 e. The van der Waals surface area contributed by atoms with Gasteiger partial charge in [-0.25, -0.2) is 0 Å². The predicted molar refractivity (Wildman–Crippen MR) is 135 cm³/mol. The molecule has 33 heavy (non-hydrogen) atoms. The summed E-state index contributed by atoms with van der Waals surface area (Å²) in [6, 6.07) is 12.4. The van der Waals surface area contributed by atoms with Crippen molar-refractivity contribution in [3.8, 4) is 11.5 Å². The van der Waals surface area contributed by atoms with E-state index in [2.05, 4.69) is 44.3 Å². The highest BCUT2D eigenvalue weighted by Crippen LogP contribution is 2.66. The Morgan fingerprint density at radius 2 is 1.73 bits per heavy atom. The summed E-state index contributed by atoms with van der Waals surface area (Å²) in [6.07, 6.45) is 8.15. The van der Waals surface area contributed by atoms with Crippen LogP contribution in [0, 0.1) is 23.7 Å². The highest BCUT2D eigenvalue weighted by Gasteiger charge is 2.59. The van der Waals surface area contributed by atoms with Crippen LogP contribution in [0.5, 0.6) is 11.5 Å². The lowest BCUT2D eigenvalue weighted by Gasteiger charge is -2.65. The Bertz CT molecular complexity index is 1020. The SMILES string of the molecule is CCOc1cc(CNC23CC4C[C@@](C)(C2)C[C@](C)(C4)C3)cc(Cl)c1OCc1ccccc1C. The van der Waals surface area contributed by atoms with Gasteiger partial charge in [0.1, 0.15) is 6.61 Å². The molecule has 4 aliphatic rings. The maximum atomic E-state index is 6.74. The van der Waals surface area contributed by atoms with Gasteiger partial charge in [0.15, 0.2) is 11.5 Å². The van der Waals surface area contributed by atoms with E-state index in [-0.39, 0.29) is 5.54 Å². The van der Waals surface area contributed by atoms with Gasteiger partial charge < -0.3 is 14.8 Å². The molecule has 4 heteroatoms. The third-order valence-electron chi connectivity index (χ3n) is 8.30. The molecule has 4 bridgehead atoms. The zero-order valence-corrected chi connectivity index (χ0v) is 21.4. The van der Waals surface area contributed by atoms with E-state index in [1.165, 1.54) is 44.1 Å². The Morgan fingerprint density at radius 3 is 2.39 bits per heavy atom. The van der Waals surface area contributed by atoms with E-state index < -0.39 is 0 Å². The van der Waals surface area contributed by atoms with Crippen LogP contribution in [0.15, 0.2) is 36.4 Å². The van der Waals surface area contributed by atoms with Crippen LogP contribution in [0.2, 0.25) is 5.02 Å². The summed E-state index contributed by atoms with van der Waals surface area (Å²) >= 11 is 6.74. The minimum atomic E-state index is 0.265. The fourth-order valence-corrected chi connectivity index (χ4v) is 8.27. The second kappa shape index (κ2) is 8.50. The first-order valence-electron chi connectivity index (χ1n) is 12.6. The normalized spacial score (nSPS) is 32.2. The summed E-state index contributed by atoms with van der Waals surface area (Å²) in [4.78, 5) is 0. The summed E-state index contributed by atoms with van der Waals surface area (Å²) in [6.45, 7) is 11.0. The minimum absolute atomic E-state index is 0.265. The quantitative estimate of drug-likeness (QED) is 0.436. The molecule has 4 atom stereocenters. The molecule has 4 aliphatic carbocycles. The maximum absolute atomic E-state index is 6.74. The second-order valence-corrected chi connectivity index (χ2v) is 12.2. The number of hydrogen-bond donors (Lipinski definition) is 1. The molecule has 0 aromatic heterocycles. The zero-order valence-electron chi connectivity index (χ0n) is 20.6. The number of ether oxygens (including phenoxy) is 2. The molecule has 4 saturated carbocycles. The average Bonchev–Trinajstić information content (AvgIpc) is 2.70. The van der Waals surface area contributed by atoms with E-state index in [1.54, 1.807) is 0 Å². The molecule has 0 aliphatic heterocycles. The average molecular weight is 468 g/mol. The van der Waals surface area contributed by atoms with Gasteiger partial charge >= 0.3 is 0 Å². The van der Waals surface area contributed by atoms with Gasteiger partial charge in [0.2, 0.25) is 0 Å².